The highest BCUT2D eigenvalue weighted by Crippen LogP contribution is 2.20. The van der Waals surface area contributed by atoms with Crippen LogP contribution < -0.4 is 5.32 Å². The number of rotatable bonds is 9. The molecular formula is C22H28N2O2S. The number of carbonyl (C=O) groups is 2. The second-order valence-corrected chi connectivity index (χ2v) is 7.51. The molecule has 0 heterocycles. The quantitative estimate of drug-likeness (QED) is 0.671. The van der Waals surface area contributed by atoms with Gasteiger partial charge < -0.3 is 10.2 Å². The van der Waals surface area contributed by atoms with E-state index in [1.165, 1.54) is 17.3 Å². The van der Waals surface area contributed by atoms with Crippen molar-refractivity contribution in [2.45, 2.75) is 37.6 Å². The molecule has 2 amide bonds. The van der Waals surface area contributed by atoms with E-state index in [9.17, 15) is 9.59 Å². The fourth-order valence-corrected chi connectivity index (χ4v) is 3.71. The Hall–Kier alpha value is -2.27. The smallest absolute Gasteiger partial charge is 0.242 e. The lowest BCUT2D eigenvalue weighted by molar-refractivity contribution is -0.138. The summed E-state index contributed by atoms with van der Waals surface area (Å²) in [6, 6.07) is 17.7. The predicted molar refractivity (Wildman–Crippen MR) is 112 cm³/mol. The number of nitrogens with one attached hydrogen (secondary N) is 1. The van der Waals surface area contributed by atoms with Gasteiger partial charge >= 0.3 is 0 Å². The Bertz CT molecular complexity index is 732. The molecule has 0 saturated carbocycles. The van der Waals surface area contributed by atoms with E-state index in [1.807, 2.05) is 68.4 Å². The van der Waals surface area contributed by atoms with Gasteiger partial charge in [0.15, 0.2) is 0 Å². The summed E-state index contributed by atoms with van der Waals surface area (Å²) in [6.07, 6.45) is 1.32. The third-order valence-electron chi connectivity index (χ3n) is 4.50. The van der Waals surface area contributed by atoms with Crippen molar-refractivity contribution >= 4 is 23.6 Å². The fourth-order valence-electron chi connectivity index (χ4n) is 2.92. The number of nitrogens with zero attached hydrogens (tertiary/aromatic N) is 1. The first-order valence-electron chi connectivity index (χ1n) is 9.29. The minimum atomic E-state index is -0.440. The molecule has 0 aliphatic carbocycles. The molecule has 5 heteroatoms. The molecule has 0 radical (unpaired) electrons. The second-order valence-electron chi connectivity index (χ2n) is 6.46. The molecule has 144 valence electrons. The highest BCUT2D eigenvalue weighted by Gasteiger charge is 2.27. The molecule has 1 atom stereocenters. The molecule has 2 rings (SSSR count). The van der Waals surface area contributed by atoms with Crippen LogP contribution in [0.4, 0.5) is 0 Å². The highest BCUT2D eigenvalue weighted by atomic mass is 32.2. The van der Waals surface area contributed by atoms with Crippen LogP contribution in [0.5, 0.6) is 0 Å². The van der Waals surface area contributed by atoms with Gasteiger partial charge in [-0.1, -0.05) is 55.0 Å². The van der Waals surface area contributed by atoms with Crippen LogP contribution in [0.1, 0.15) is 24.5 Å². The molecule has 1 N–H and O–H groups in total. The topological polar surface area (TPSA) is 49.4 Å². The average Bonchev–Trinajstić information content (AvgIpc) is 2.70. The van der Waals surface area contributed by atoms with E-state index < -0.39 is 6.04 Å². The maximum Gasteiger partial charge on any atom is 0.242 e. The number of likely N-dealkylation sites (N-methyl/N-ethyl adjacent to an activating group) is 1. The summed E-state index contributed by atoms with van der Waals surface area (Å²) >= 11 is 1.51. The van der Waals surface area contributed by atoms with Gasteiger partial charge in [0.2, 0.25) is 11.8 Å². The van der Waals surface area contributed by atoms with E-state index in [0.717, 1.165) is 16.9 Å². The van der Waals surface area contributed by atoms with Crippen molar-refractivity contribution in [2.75, 3.05) is 19.3 Å². The number of amides is 2. The molecule has 0 fully saturated rings. The minimum absolute atomic E-state index is 0.00745. The van der Waals surface area contributed by atoms with Crippen molar-refractivity contribution in [2.24, 2.45) is 0 Å². The van der Waals surface area contributed by atoms with Gasteiger partial charge in [0.25, 0.3) is 0 Å². The van der Waals surface area contributed by atoms with Crippen molar-refractivity contribution in [3.63, 3.8) is 0 Å². The van der Waals surface area contributed by atoms with E-state index in [0.29, 0.717) is 18.7 Å². The lowest BCUT2D eigenvalue weighted by atomic mass is 10.1. The molecule has 27 heavy (non-hydrogen) atoms. The Morgan fingerprint density at radius 2 is 1.74 bits per heavy atom. The van der Waals surface area contributed by atoms with E-state index in [4.69, 9.17) is 0 Å². The summed E-state index contributed by atoms with van der Waals surface area (Å²) in [5.74, 6) is 0.205. The summed E-state index contributed by atoms with van der Waals surface area (Å²) in [5, 5.41) is 2.69. The average molecular weight is 385 g/mol. The van der Waals surface area contributed by atoms with Crippen LogP contribution in [0.25, 0.3) is 0 Å². The molecule has 2 aromatic carbocycles. The van der Waals surface area contributed by atoms with E-state index in [-0.39, 0.29) is 11.8 Å². The Balaban J connectivity index is 2.07. The Morgan fingerprint density at radius 1 is 1.07 bits per heavy atom. The van der Waals surface area contributed by atoms with Gasteiger partial charge in [0, 0.05) is 18.5 Å². The van der Waals surface area contributed by atoms with Gasteiger partial charge in [-0.25, -0.2) is 0 Å². The highest BCUT2D eigenvalue weighted by molar-refractivity contribution is 8.00. The molecule has 0 aromatic heterocycles. The molecule has 2 aromatic rings. The molecule has 0 bridgehead atoms. The van der Waals surface area contributed by atoms with E-state index >= 15 is 0 Å². The molecule has 0 aliphatic rings. The SMILES string of the molecule is CC[C@@H](C(=O)NC)N(CCc1ccccc1)C(=O)CSc1ccc(C)cc1. The first-order valence-corrected chi connectivity index (χ1v) is 10.3. The van der Waals surface area contributed by atoms with Gasteiger partial charge in [-0.2, -0.15) is 0 Å². The maximum absolute atomic E-state index is 13.0. The predicted octanol–water partition coefficient (Wildman–Crippen LogP) is 3.68. The van der Waals surface area contributed by atoms with Crippen LogP contribution in [-0.4, -0.2) is 42.1 Å². The summed E-state index contributed by atoms with van der Waals surface area (Å²) in [4.78, 5) is 28.0. The second kappa shape index (κ2) is 10.8. The molecule has 0 aliphatic heterocycles. The molecular weight excluding hydrogens is 356 g/mol. The number of aryl methyl sites for hydroxylation is 1. The van der Waals surface area contributed by atoms with Gasteiger partial charge in [0.1, 0.15) is 6.04 Å². The third-order valence-corrected chi connectivity index (χ3v) is 5.50. The number of hydrogen-bond donors (Lipinski definition) is 1. The van der Waals surface area contributed by atoms with Crippen molar-refractivity contribution in [3.8, 4) is 0 Å². The molecule has 4 nitrogen and oxygen atoms in total. The molecule has 0 spiro atoms. The van der Waals surface area contributed by atoms with Crippen molar-refractivity contribution < 1.29 is 9.59 Å². The van der Waals surface area contributed by atoms with Crippen LogP contribution in [0.3, 0.4) is 0 Å². The first-order chi connectivity index (χ1) is 13.0. The summed E-state index contributed by atoms with van der Waals surface area (Å²) in [7, 11) is 1.62. The normalized spacial score (nSPS) is 11.7. The number of benzene rings is 2. The van der Waals surface area contributed by atoms with Crippen molar-refractivity contribution in [3.05, 3.63) is 65.7 Å². The van der Waals surface area contributed by atoms with Crippen molar-refractivity contribution in [1.29, 1.82) is 0 Å². The van der Waals surface area contributed by atoms with Crippen LogP contribution in [-0.2, 0) is 16.0 Å². The fraction of sp³-hybridized carbons (Fsp3) is 0.364. The van der Waals surface area contributed by atoms with Crippen LogP contribution in [0.2, 0.25) is 0 Å². The number of carbonyl (C=O) groups excluding carboxylic acids is 2. The largest absolute Gasteiger partial charge is 0.357 e. The summed E-state index contributed by atoms with van der Waals surface area (Å²) in [5.41, 5.74) is 2.36. The standard InChI is InChI=1S/C22H28N2O2S/c1-4-20(22(26)23-3)24(15-14-18-8-6-5-7-9-18)21(25)16-27-19-12-10-17(2)11-13-19/h5-13,20H,4,14-16H2,1-3H3,(H,23,26)/t20-/m0/s1. The first kappa shape index (κ1) is 21.0. The van der Waals surface area contributed by atoms with Gasteiger partial charge in [-0.15, -0.1) is 11.8 Å². The van der Waals surface area contributed by atoms with Crippen LogP contribution in [0, 0.1) is 6.92 Å². The zero-order valence-electron chi connectivity index (χ0n) is 16.3. The number of thioether (sulfide) groups is 1. The zero-order chi connectivity index (χ0) is 19.6. The molecule has 0 saturated heterocycles. The van der Waals surface area contributed by atoms with E-state index in [2.05, 4.69) is 5.32 Å². The third kappa shape index (κ3) is 6.43. The minimum Gasteiger partial charge on any atom is -0.357 e. The lowest BCUT2D eigenvalue weighted by Crippen LogP contribution is -2.50. The summed E-state index contributed by atoms with van der Waals surface area (Å²) in [6.45, 7) is 4.51. The van der Waals surface area contributed by atoms with E-state index in [1.54, 1.807) is 11.9 Å². The van der Waals surface area contributed by atoms with Gasteiger partial charge in [-0.3, -0.25) is 9.59 Å². The van der Waals surface area contributed by atoms with Crippen LogP contribution >= 0.6 is 11.8 Å². The monoisotopic (exact) mass is 384 g/mol. The van der Waals surface area contributed by atoms with Gasteiger partial charge in [0.05, 0.1) is 5.75 Å². The maximum atomic E-state index is 13.0. The van der Waals surface area contributed by atoms with Crippen LogP contribution in [0.15, 0.2) is 59.5 Å². The Morgan fingerprint density at radius 3 is 2.33 bits per heavy atom. The number of hydrogen-bond acceptors (Lipinski definition) is 3. The van der Waals surface area contributed by atoms with Gasteiger partial charge in [-0.05, 0) is 37.5 Å². The summed E-state index contributed by atoms with van der Waals surface area (Å²) < 4.78 is 0. The van der Waals surface area contributed by atoms with Crippen molar-refractivity contribution in [1.82, 2.24) is 10.2 Å². The Kier molecular flexibility index (Phi) is 8.40. The molecule has 0 unspecified atom stereocenters. The zero-order valence-corrected chi connectivity index (χ0v) is 17.1. The Labute approximate surface area is 166 Å². The lowest BCUT2D eigenvalue weighted by Gasteiger charge is -2.30.